The van der Waals surface area contributed by atoms with Crippen molar-refractivity contribution in [3.63, 3.8) is 0 Å². The van der Waals surface area contributed by atoms with Crippen molar-refractivity contribution in [3.05, 3.63) is 77.5 Å². The summed E-state index contributed by atoms with van der Waals surface area (Å²) in [5.41, 5.74) is 0.933. The Bertz CT molecular complexity index is 999. The van der Waals surface area contributed by atoms with Gasteiger partial charge in [-0.3, -0.25) is 4.79 Å². The summed E-state index contributed by atoms with van der Waals surface area (Å²) in [5, 5.41) is 21.8. The second kappa shape index (κ2) is 7.36. The number of rotatable bonds is 4. The topological polar surface area (TPSA) is 90.7 Å². The molecule has 6 nitrogen and oxygen atoms in total. The van der Waals surface area contributed by atoms with Crippen LogP contribution in [0.2, 0.25) is 0 Å². The van der Waals surface area contributed by atoms with Crippen LogP contribution in [0, 0.1) is 23.0 Å². The van der Waals surface area contributed by atoms with Gasteiger partial charge in [-0.2, -0.15) is 5.26 Å². The van der Waals surface area contributed by atoms with E-state index in [0.717, 1.165) is 12.1 Å². The van der Waals surface area contributed by atoms with Crippen LogP contribution in [0.1, 0.15) is 16.1 Å². The standard InChI is InChI=1S/C18H11F2N5O/c19-12-4-5-15(14(20)9-12)23-18(26)16-6-7-17(25-24-16)22-13-3-1-2-11(8-13)10-21/h1-9H,(H,22,25)(H,23,26). The zero-order valence-corrected chi connectivity index (χ0v) is 13.2. The Kier molecular flexibility index (Phi) is 4.80. The van der Waals surface area contributed by atoms with Crippen LogP contribution in [0.25, 0.3) is 0 Å². The number of amides is 1. The molecule has 0 aliphatic rings. The van der Waals surface area contributed by atoms with Crippen molar-refractivity contribution in [3.8, 4) is 6.07 Å². The average Bonchev–Trinajstić information content (AvgIpc) is 2.64. The Hall–Kier alpha value is -3.86. The van der Waals surface area contributed by atoms with Crippen molar-refractivity contribution in [2.24, 2.45) is 0 Å². The maximum Gasteiger partial charge on any atom is 0.276 e. The molecule has 2 N–H and O–H groups in total. The molecule has 26 heavy (non-hydrogen) atoms. The molecule has 1 amide bonds. The minimum absolute atomic E-state index is 0.0370. The fraction of sp³-hybridized carbons (Fsp3) is 0. The van der Waals surface area contributed by atoms with Crippen molar-refractivity contribution < 1.29 is 13.6 Å². The van der Waals surface area contributed by atoms with E-state index in [4.69, 9.17) is 5.26 Å². The van der Waals surface area contributed by atoms with Crippen LogP contribution in [0.4, 0.5) is 26.0 Å². The van der Waals surface area contributed by atoms with Crippen LogP contribution >= 0.6 is 0 Å². The molecule has 128 valence electrons. The first-order chi connectivity index (χ1) is 12.5. The van der Waals surface area contributed by atoms with Gasteiger partial charge in [0.15, 0.2) is 11.5 Å². The fourth-order valence-electron chi connectivity index (χ4n) is 2.11. The van der Waals surface area contributed by atoms with Gasteiger partial charge in [-0.15, -0.1) is 10.2 Å². The lowest BCUT2D eigenvalue weighted by Gasteiger charge is -2.07. The van der Waals surface area contributed by atoms with Crippen LogP contribution in [0.15, 0.2) is 54.6 Å². The summed E-state index contributed by atoms with van der Waals surface area (Å²) in [6.45, 7) is 0. The van der Waals surface area contributed by atoms with E-state index >= 15 is 0 Å². The molecule has 1 heterocycles. The number of hydrogen-bond donors (Lipinski definition) is 2. The third-order valence-electron chi connectivity index (χ3n) is 3.34. The highest BCUT2D eigenvalue weighted by molar-refractivity contribution is 6.02. The van der Waals surface area contributed by atoms with Crippen molar-refractivity contribution in [1.29, 1.82) is 5.26 Å². The Balaban J connectivity index is 1.70. The highest BCUT2D eigenvalue weighted by Crippen LogP contribution is 2.17. The summed E-state index contributed by atoms with van der Waals surface area (Å²) in [5.74, 6) is -1.94. The first kappa shape index (κ1) is 17.0. The maximum absolute atomic E-state index is 13.6. The highest BCUT2D eigenvalue weighted by atomic mass is 19.1. The third-order valence-corrected chi connectivity index (χ3v) is 3.34. The van der Waals surface area contributed by atoms with E-state index in [2.05, 4.69) is 20.8 Å². The van der Waals surface area contributed by atoms with Gasteiger partial charge in [-0.25, -0.2) is 8.78 Å². The molecule has 0 unspecified atom stereocenters. The van der Waals surface area contributed by atoms with E-state index in [1.807, 2.05) is 6.07 Å². The number of nitrogens with one attached hydrogen (secondary N) is 2. The normalized spacial score (nSPS) is 10.0. The molecule has 0 atom stereocenters. The number of carbonyl (C=O) groups is 1. The van der Waals surface area contributed by atoms with Crippen molar-refractivity contribution in [2.75, 3.05) is 10.6 Å². The minimum atomic E-state index is -0.887. The molecule has 0 saturated carbocycles. The Morgan fingerprint density at radius 2 is 1.88 bits per heavy atom. The summed E-state index contributed by atoms with van der Waals surface area (Å²) in [7, 11) is 0. The number of nitriles is 1. The van der Waals surface area contributed by atoms with Crippen LogP contribution < -0.4 is 10.6 Å². The van der Waals surface area contributed by atoms with Gasteiger partial charge >= 0.3 is 0 Å². The van der Waals surface area contributed by atoms with Crippen LogP contribution in [0.3, 0.4) is 0 Å². The molecule has 0 aliphatic heterocycles. The number of aromatic nitrogens is 2. The molecule has 0 aliphatic carbocycles. The second-order valence-corrected chi connectivity index (χ2v) is 5.20. The summed E-state index contributed by atoms with van der Waals surface area (Å²) < 4.78 is 26.5. The van der Waals surface area contributed by atoms with Crippen molar-refractivity contribution in [2.45, 2.75) is 0 Å². The van der Waals surface area contributed by atoms with E-state index < -0.39 is 17.5 Å². The van der Waals surface area contributed by atoms with E-state index in [1.165, 1.54) is 12.1 Å². The first-order valence-electron chi connectivity index (χ1n) is 7.42. The molecule has 8 heteroatoms. The number of anilines is 3. The van der Waals surface area contributed by atoms with Crippen molar-refractivity contribution in [1.82, 2.24) is 10.2 Å². The monoisotopic (exact) mass is 351 g/mol. The van der Waals surface area contributed by atoms with Gasteiger partial charge in [0.2, 0.25) is 0 Å². The average molecular weight is 351 g/mol. The number of hydrogen-bond acceptors (Lipinski definition) is 5. The number of halogens is 2. The van der Waals surface area contributed by atoms with Gasteiger partial charge in [0.1, 0.15) is 11.6 Å². The Labute approximate surface area is 147 Å². The molecule has 0 saturated heterocycles. The van der Waals surface area contributed by atoms with E-state index in [-0.39, 0.29) is 11.4 Å². The highest BCUT2D eigenvalue weighted by Gasteiger charge is 2.12. The molecule has 0 spiro atoms. The molecule has 3 rings (SSSR count). The molecular weight excluding hydrogens is 340 g/mol. The van der Waals surface area contributed by atoms with Gasteiger partial charge in [0.05, 0.1) is 17.3 Å². The molecular formula is C18H11F2N5O. The predicted molar refractivity (Wildman–Crippen MR) is 90.8 cm³/mol. The van der Waals surface area contributed by atoms with Gasteiger partial charge in [-0.05, 0) is 42.5 Å². The number of benzene rings is 2. The fourth-order valence-corrected chi connectivity index (χ4v) is 2.11. The van der Waals surface area contributed by atoms with Crippen LogP contribution in [0.5, 0.6) is 0 Å². The van der Waals surface area contributed by atoms with Crippen LogP contribution in [-0.2, 0) is 0 Å². The van der Waals surface area contributed by atoms with E-state index in [9.17, 15) is 13.6 Å². The number of nitrogens with zero attached hydrogens (tertiary/aromatic N) is 3. The lowest BCUT2D eigenvalue weighted by Crippen LogP contribution is -2.15. The van der Waals surface area contributed by atoms with E-state index in [1.54, 1.807) is 24.3 Å². The van der Waals surface area contributed by atoms with Crippen molar-refractivity contribution >= 4 is 23.1 Å². The summed E-state index contributed by atoms with van der Waals surface area (Å²) >= 11 is 0. The van der Waals surface area contributed by atoms with Gasteiger partial charge in [0.25, 0.3) is 5.91 Å². The molecule has 0 fully saturated rings. The van der Waals surface area contributed by atoms with Crippen LogP contribution in [-0.4, -0.2) is 16.1 Å². The van der Waals surface area contributed by atoms with Gasteiger partial charge in [-0.1, -0.05) is 6.07 Å². The quantitative estimate of drug-likeness (QED) is 0.749. The first-order valence-corrected chi connectivity index (χ1v) is 7.42. The third kappa shape index (κ3) is 3.96. The molecule has 2 aromatic carbocycles. The van der Waals surface area contributed by atoms with Gasteiger partial charge in [0, 0.05) is 11.8 Å². The SMILES string of the molecule is N#Cc1cccc(Nc2ccc(C(=O)Nc3ccc(F)cc3F)nn2)c1. The Morgan fingerprint density at radius 1 is 1.04 bits per heavy atom. The summed E-state index contributed by atoms with van der Waals surface area (Å²) in [6, 6.07) is 14.5. The lowest BCUT2D eigenvalue weighted by atomic mass is 10.2. The zero-order chi connectivity index (χ0) is 18.5. The van der Waals surface area contributed by atoms with Gasteiger partial charge < -0.3 is 10.6 Å². The largest absolute Gasteiger partial charge is 0.339 e. The smallest absolute Gasteiger partial charge is 0.276 e. The zero-order valence-electron chi connectivity index (χ0n) is 13.2. The maximum atomic E-state index is 13.6. The summed E-state index contributed by atoms with van der Waals surface area (Å²) in [4.78, 5) is 12.1. The second-order valence-electron chi connectivity index (χ2n) is 5.20. The summed E-state index contributed by atoms with van der Waals surface area (Å²) in [6.07, 6.45) is 0. The molecule has 0 bridgehead atoms. The molecule has 0 radical (unpaired) electrons. The molecule has 1 aromatic heterocycles. The Morgan fingerprint density at radius 3 is 2.58 bits per heavy atom. The lowest BCUT2D eigenvalue weighted by molar-refractivity contribution is 0.102. The number of carbonyl (C=O) groups excluding carboxylic acids is 1. The van der Waals surface area contributed by atoms with E-state index in [0.29, 0.717) is 23.1 Å². The molecule has 3 aromatic rings. The predicted octanol–water partition coefficient (Wildman–Crippen LogP) is 3.62. The minimum Gasteiger partial charge on any atom is -0.339 e.